The molecule has 0 bridgehead atoms. The fourth-order valence-corrected chi connectivity index (χ4v) is 5.06. The fraction of sp³-hybridized carbons (Fsp3) is 0.455. The Hall–Kier alpha value is -2.23. The number of nitrogens with zero attached hydrogens (tertiary/aromatic N) is 5. The highest BCUT2D eigenvalue weighted by molar-refractivity contribution is 8.26. The third-order valence-corrected chi connectivity index (χ3v) is 7.05. The highest BCUT2D eigenvalue weighted by Gasteiger charge is 2.32. The van der Waals surface area contributed by atoms with E-state index >= 15 is 0 Å². The van der Waals surface area contributed by atoms with Crippen LogP contribution >= 0.6 is 24.0 Å². The Morgan fingerprint density at radius 2 is 1.94 bits per heavy atom. The maximum absolute atomic E-state index is 13.5. The summed E-state index contributed by atoms with van der Waals surface area (Å²) in [5, 5.41) is 0. The monoisotopic (exact) mass is 457 g/mol. The van der Waals surface area contributed by atoms with Gasteiger partial charge >= 0.3 is 0 Å². The summed E-state index contributed by atoms with van der Waals surface area (Å²) in [6, 6.07) is 3.82. The maximum atomic E-state index is 13.5. The largest absolute Gasteiger partial charge is 0.353 e. The van der Waals surface area contributed by atoms with Gasteiger partial charge in [0.25, 0.3) is 11.5 Å². The Labute approximate surface area is 191 Å². The number of aromatic nitrogens is 2. The van der Waals surface area contributed by atoms with Gasteiger partial charge in [0.05, 0.1) is 10.5 Å². The number of thioether (sulfide) groups is 1. The second-order valence-corrected chi connectivity index (χ2v) is 9.74. The third-order valence-electron chi connectivity index (χ3n) is 5.67. The number of hydrogen-bond donors (Lipinski definition) is 0. The lowest BCUT2D eigenvalue weighted by Crippen LogP contribution is -2.45. The smallest absolute Gasteiger partial charge is 0.267 e. The molecule has 0 saturated carbocycles. The molecule has 31 heavy (non-hydrogen) atoms. The number of piperazine rings is 1. The zero-order valence-corrected chi connectivity index (χ0v) is 19.8. The molecule has 4 heterocycles. The van der Waals surface area contributed by atoms with E-state index in [0.717, 1.165) is 44.6 Å². The van der Waals surface area contributed by atoms with Gasteiger partial charge < -0.3 is 9.80 Å². The van der Waals surface area contributed by atoms with E-state index in [4.69, 9.17) is 17.2 Å². The maximum Gasteiger partial charge on any atom is 0.267 e. The van der Waals surface area contributed by atoms with Crippen molar-refractivity contribution in [3.05, 3.63) is 44.7 Å². The predicted molar refractivity (Wildman–Crippen MR) is 131 cm³/mol. The van der Waals surface area contributed by atoms with E-state index < -0.39 is 0 Å². The molecule has 2 aromatic heterocycles. The summed E-state index contributed by atoms with van der Waals surface area (Å²) in [6.45, 7) is 7.99. The van der Waals surface area contributed by atoms with Crippen molar-refractivity contribution in [1.29, 1.82) is 0 Å². The first kappa shape index (κ1) is 22.0. The summed E-state index contributed by atoms with van der Waals surface area (Å²) >= 11 is 6.70. The number of carbonyl (C=O) groups is 1. The fourth-order valence-electron chi connectivity index (χ4n) is 3.77. The lowest BCUT2D eigenvalue weighted by atomic mass is 10.2. The SMILES string of the molecule is CCCCN1C(=O)C(=Cc2c(N3CCN(C)CC3)nc3ccc(C)cn3c2=O)SC1=S. The molecule has 0 N–H and O–H groups in total. The molecule has 2 aliphatic rings. The number of aryl methyl sites for hydroxylation is 1. The van der Waals surface area contributed by atoms with E-state index in [9.17, 15) is 9.59 Å². The van der Waals surface area contributed by atoms with Crippen molar-refractivity contribution < 1.29 is 4.79 Å². The van der Waals surface area contributed by atoms with E-state index in [2.05, 4.69) is 23.8 Å². The normalized spacial score (nSPS) is 19.3. The summed E-state index contributed by atoms with van der Waals surface area (Å²) in [6.07, 6.45) is 5.37. The van der Waals surface area contributed by atoms with Crippen molar-refractivity contribution in [3.63, 3.8) is 0 Å². The topological polar surface area (TPSA) is 61.2 Å². The average molecular weight is 458 g/mol. The van der Waals surface area contributed by atoms with E-state index in [-0.39, 0.29) is 11.5 Å². The summed E-state index contributed by atoms with van der Waals surface area (Å²) in [5.41, 5.74) is 1.86. The van der Waals surface area contributed by atoms with Gasteiger partial charge in [0.1, 0.15) is 15.8 Å². The van der Waals surface area contributed by atoms with Gasteiger partial charge in [0, 0.05) is 38.9 Å². The number of amides is 1. The van der Waals surface area contributed by atoms with Gasteiger partial charge in [0.15, 0.2) is 0 Å². The van der Waals surface area contributed by atoms with Gasteiger partial charge in [-0.15, -0.1) is 0 Å². The number of anilines is 1. The quantitative estimate of drug-likeness (QED) is 0.505. The number of fused-ring (bicyclic) bond motifs is 1. The lowest BCUT2D eigenvalue weighted by Gasteiger charge is -2.34. The minimum Gasteiger partial charge on any atom is -0.353 e. The molecular formula is C22H27N5O2S2. The van der Waals surface area contributed by atoms with Crippen molar-refractivity contribution in [2.75, 3.05) is 44.7 Å². The van der Waals surface area contributed by atoms with Gasteiger partial charge in [-0.1, -0.05) is 43.4 Å². The van der Waals surface area contributed by atoms with Crippen molar-refractivity contribution in [2.45, 2.75) is 26.7 Å². The van der Waals surface area contributed by atoms with Gasteiger partial charge in [-0.05, 0) is 38.1 Å². The molecule has 2 aliphatic heterocycles. The Balaban J connectivity index is 1.82. The van der Waals surface area contributed by atoms with Crippen LogP contribution in [0.2, 0.25) is 0 Å². The number of hydrogen-bond acceptors (Lipinski definition) is 7. The average Bonchev–Trinajstić information content (AvgIpc) is 3.02. The van der Waals surface area contributed by atoms with Crippen LogP contribution in [0.3, 0.4) is 0 Å². The molecule has 9 heteroatoms. The van der Waals surface area contributed by atoms with Crippen LogP contribution in [0.4, 0.5) is 5.82 Å². The van der Waals surface area contributed by atoms with E-state index in [1.165, 1.54) is 11.8 Å². The molecule has 2 fully saturated rings. The Bertz CT molecular complexity index is 1120. The molecule has 1 amide bonds. The Morgan fingerprint density at radius 3 is 2.65 bits per heavy atom. The van der Waals surface area contributed by atoms with Crippen molar-refractivity contribution in [1.82, 2.24) is 19.2 Å². The van der Waals surface area contributed by atoms with Gasteiger partial charge in [0.2, 0.25) is 0 Å². The molecular weight excluding hydrogens is 430 g/mol. The Morgan fingerprint density at radius 1 is 1.19 bits per heavy atom. The minimum absolute atomic E-state index is 0.124. The second-order valence-electron chi connectivity index (χ2n) is 8.07. The van der Waals surface area contributed by atoms with Crippen LogP contribution in [-0.2, 0) is 4.79 Å². The molecule has 7 nitrogen and oxygen atoms in total. The molecule has 0 aliphatic carbocycles. The first-order chi connectivity index (χ1) is 14.9. The molecule has 0 spiro atoms. The van der Waals surface area contributed by atoms with Crippen LogP contribution in [0.1, 0.15) is 30.9 Å². The molecule has 0 atom stereocenters. The number of pyridine rings is 1. The zero-order chi connectivity index (χ0) is 22.1. The number of carbonyl (C=O) groups excluding carboxylic acids is 1. The standard InChI is InChI=1S/C22H27N5O2S2/c1-4-5-8-26-21(29)17(31-22(26)30)13-16-19(25-11-9-24(3)10-12-25)23-18-7-6-15(2)14-27(18)20(16)28/h6-7,13-14H,4-5,8-12H2,1-3H3. The molecule has 0 unspecified atom stereocenters. The summed E-state index contributed by atoms with van der Waals surface area (Å²) in [4.78, 5) is 37.9. The summed E-state index contributed by atoms with van der Waals surface area (Å²) in [5.74, 6) is 0.516. The van der Waals surface area contributed by atoms with Crippen LogP contribution in [0.15, 0.2) is 28.0 Å². The molecule has 164 valence electrons. The van der Waals surface area contributed by atoms with E-state index in [0.29, 0.717) is 32.8 Å². The molecule has 4 rings (SSSR count). The van der Waals surface area contributed by atoms with Crippen LogP contribution in [-0.4, -0.2) is 69.2 Å². The van der Waals surface area contributed by atoms with E-state index in [1.54, 1.807) is 21.6 Å². The van der Waals surface area contributed by atoms with Crippen molar-refractivity contribution in [3.8, 4) is 0 Å². The van der Waals surface area contributed by atoms with Crippen molar-refractivity contribution >= 4 is 51.7 Å². The van der Waals surface area contributed by atoms with Gasteiger partial charge in [-0.2, -0.15) is 0 Å². The third kappa shape index (κ3) is 4.40. The van der Waals surface area contributed by atoms with Gasteiger partial charge in [-0.25, -0.2) is 4.98 Å². The first-order valence-electron chi connectivity index (χ1n) is 10.6. The predicted octanol–water partition coefficient (Wildman–Crippen LogP) is 2.76. The number of likely N-dealkylation sites (N-methyl/N-ethyl adjacent to an activating group) is 1. The lowest BCUT2D eigenvalue weighted by molar-refractivity contribution is -0.122. The molecule has 0 radical (unpaired) electrons. The van der Waals surface area contributed by atoms with Crippen LogP contribution < -0.4 is 10.5 Å². The van der Waals surface area contributed by atoms with Crippen LogP contribution in [0.25, 0.3) is 11.7 Å². The minimum atomic E-state index is -0.165. The van der Waals surface area contributed by atoms with Crippen LogP contribution in [0.5, 0.6) is 0 Å². The number of unbranched alkanes of at least 4 members (excludes halogenated alkanes) is 1. The zero-order valence-electron chi connectivity index (χ0n) is 18.1. The Kier molecular flexibility index (Phi) is 6.45. The highest BCUT2D eigenvalue weighted by Crippen LogP contribution is 2.33. The summed E-state index contributed by atoms with van der Waals surface area (Å²) in [7, 11) is 2.09. The first-order valence-corrected chi connectivity index (χ1v) is 11.8. The van der Waals surface area contributed by atoms with E-state index in [1.807, 2.05) is 19.1 Å². The molecule has 2 aromatic rings. The molecule has 0 aromatic carbocycles. The number of rotatable bonds is 5. The number of thiocarbonyl (C=S) groups is 1. The van der Waals surface area contributed by atoms with Gasteiger partial charge in [-0.3, -0.25) is 18.9 Å². The molecule has 2 saturated heterocycles. The second kappa shape index (κ2) is 9.10. The van der Waals surface area contributed by atoms with Crippen molar-refractivity contribution in [2.24, 2.45) is 0 Å². The van der Waals surface area contributed by atoms with Crippen LogP contribution in [0, 0.1) is 6.92 Å². The highest BCUT2D eigenvalue weighted by atomic mass is 32.2. The summed E-state index contributed by atoms with van der Waals surface area (Å²) < 4.78 is 2.12.